The maximum Gasteiger partial charge on any atom is 0.256 e. The van der Waals surface area contributed by atoms with Crippen LogP contribution in [0, 0.1) is 19.8 Å². The second-order valence-corrected chi connectivity index (χ2v) is 8.43. The number of hydrogen-bond acceptors (Lipinski definition) is 3. The Morgan fingerprint density at radius 3 is 2.34 bits per heavy atom. The molecule has 1 fully saturated rings. The molecule has 1 aromatic heterocycles. The van der Waals surface area contributed by atoms with Gasteiger partial charge in [-0.1, -0.05) is 48.5 Å². The van der Waals surface area contributed by atoms with E-state index in [2.05, 4.69) is 23.3 Å². The molecule has 2 heterocycles. The van der Waals surface area contributed by atoms with Crippen molar-refractivity contribution < 1.29 is 9.59 Å². The number of pyridine rings is 1. The maximum absolute atomic E-state index is 13.3. The van der Waals surface area contributed by atoms with Crippen LogP contribution in [0.4, 0.5) is 0 Å². The van der Waals surface area contributed by atoms with E-state index in [1.807, 2.05) is 60.4 Å². The average Bonchev–Trinajstić information content (AvgIpc) is 2.83. The topological polar surface area (TPSA) is 62.3 Å². The zero-order valence-electron chi connectivity index (χ0n) is 18.7. The molecule has 0 saturated carbocycles. The average molecular weight is 428 g/mol. The number of carbonyl (C=O) groups is 2. The van der Waals surface area contributed by atoms with Gasteiger partial charge in [0.1, 0.15) is 0 Å². The van der Waals surface area contributed by atoms with Gasteiger partial charge in [0.15, 0.2) is 0 Å². The molecule has 0 aliphatic carbocycles. The molecule has 1 N–H and O–H groups in total. The van der Waals surface area contributed by atoms with Crippen LogP contribution in [0.15, 0.2) is 66.9 Å². The first kappa shape index (κ1) is 21.8. The molecule has 1 saturated heterocycles. The van der Waals surface area contributed by atoms with Crippen LogP contribution in [0.1, 0.15) is 39.9 Å². The third kappa shape index (κ3) is 4.72. The van der Waals surface area contributed by atoms with Gasteiger partial charge < -0.3 is 10.2 Å². The quantitative estimate of drug-likeness (QED) is 0.651. The zero-order chi connectivity index (χ0) is 22.5. The van der Waals surface area contributed by atoms with E-state index < -0.39 is 0 Å². The minimum atomic E-state index is -0.0622. The van der Waals surface area contributed by atoms with Gasteiger partial charge in [-0.15, -0.1) is 0 Å². The van der Waals surface area contributed by atoms with Gasteiger partial charge in [-0.2, -0.15) is 0 Å². The van der Waals surface area contributed by atoms with E-state index in [0.717, 1.165) is 16.7 Å². The van der Waals surface area contributed by atoms with Gasteiger partial charge in [0.2, 0.25) is 5.91 Å². The van der Waals surface area contributed by atoms with Crippen molar-refractivity contribution >= 4 is 11.8 Å². The van der Waals surface area contributed by atoms with E-state index in [9.17, 15) is 9.59 Å². The molecule has 5 heteroatoms. The van der Waals surface area contributed by atoms with Crippen molar-refractivity contribution in [2.24, 2.45) is 5.92 Å². The van der Waals surface area contributed by atoms with E-state index in [1.54, 1.807) is 12.3 Å². The molecule has 1 aliphatic heterocycles. The number of rotatable bonds is 5. The van der Waals surface area contributed by atoms with E-state index in [-0.39, 0.29) is 17.7 Å². The first-order chi connectivity index (χ1) is 15.5. The van der Waals surface area contributed by atoms with Crippen LogP contribution in [0.25, 0.3) is 11.3 Å². The van der Waals surface area contributed by atoms with Crippen LogP contribution in [-0.4, -0.2) is 34.8 Å². The first-order valence-electron chi connectivity index (χ1n) is 11.2. The molecule has 32 heavy (non-hydrogen) atoms. The molecule has 1 aliphatic rings. The minimum Gasteiger partial charge on any atom is -0.352 e. The molecule has 3 aromatic rings. The van der Waals surface area contributed by atoms with Gasteiger partial charge in [0, 0.05) is 37.3 Å². The number of nitrogens with zero attached hydrogens (tertiary/aromatic N) is 2. The number of likely N-dealkylation sites (tertiary alicyclic amines) is 1. The van der Waals surface area contributed by atoms with Crippen molar-refractivity contribution in [3.05, 3.63) is 89.1 Å². The predicted molar refractivity (Wildman–Crippen MR) is 126 cm³/mol. The molecular formula is C27H29N3O2. The number of nitrogens with one attached hydrogen (secondary N) is 1. The minimum absolute atomic E-state index is 0.0184. The summed E-state index contributed by atoms with van der Waals surface area (Å²) in [4.78, 5) is 32.4. The summed E-state index contributed by atoms with van der Waals surface area (Å²) in [6.45, 7) is 5.77. The smallest absolute Gasteiger partial charge is 0.256 e. The second kappa shape index (κ2) is 9.77. The number of carbonyl (C=O) groups excluding carboxylic acids is 2. The van der Waals surface area contributed by atoms with Gasteiger partial charge in [-0.05, 0) is 55.5 Å². The van der Waals surface area contributed by atoms with Crippen LogP contribution in [0.2, 0.25) is 0 Å². The van der Waals surface area contributed by atoms with Gasteiger partial charge >= 0.3 is 0 Å². The fourth-order valence-electron chi connectivity index (χ4n) is 4.28. The lowest BCUT2D eigenvalue weighted by molar-refractivity contribution is -0.126. The summed E-state index contributed by atoms with van der Waals surface area (Å²) < 4.78 is 0. The molecule has 4 rings (SSSR count). The summed E-state index contributed by atoms with van der Waals surface area (Å²) >= 11 is 0. The molecule has 164 valence electrons. The molecule has 2 aromatic carbocycles. The number of amides is 2. The normalized spacial score (nSPS) is 14.2. The largest absolute Gasteiger partial charge is 0.352 e. The Kier molecular flexibility index (Phi) is 6.64. The van der Waals surface area contributed by atoms with Gasteiger partial charge in [0.25, 0.3) is 5.91 Å². The fourth-order valence-corrected chi connectivity index (χ4v) is 4.28. The van der Waals surface area contributed by atoms with Crippen molar-refractivity contribution in [1.82, 2.24) is 15.2 Å². The zero-order valence-corrected chi connectivity index (χ0v) is 18.7. The van der Waals surface area contributed by atoms with Crippen LogP contribution >= 0.6 is 0 Å². The molecular weight excluding hydrogens is 398 g/mol. The van der Waals surface area contributed by atoms with Crippen LogP contribution in [-0.2, 0) is 11.3 Å². The summed E-state index contributed by atoms with van der Waals surface area (Å²) in [6, 6.07) is 19.7. The van der Waals surface area contributed by atoms with Crippen LogP contribution in [0.5, 0.6) is 0 Å². The van der Waals surface area contributed by atoms with Crippen molar-refractivity contribution in [3.63, 3.8) is 0 Å². The highest BCUT2D eigenvalue weighted by Gasteiger charge is 2.29. The number of benzene rings is 2. The lowest BCUT2D eigenvalue weighted by atomic mass is 9.94. The summed E-state index contributed by atoms with van der Waals surface area (Å²) in [5.74, 6) is -0.00902. The molecule has 2 amide bonds. The monoisotopic (exact) mass is 427 g/mol. The Hall–Kier alpha value is -3.47. The first-order valence-corrected chi connectivity index (χ1v) is 11.2. The van der Waals surface area contributed by atoms with Crippen LogP contribution in [0.3, 0.4) is 0 Å². The van der Waals surface area contributed by atoms with Gasteiger partial charge in [0.05, 0.1) is 11.3 Å². The molecule has 0 atom stereocenters. The van der Waals surface area contributed by atoms with Crippen molar-refractivity contribution in [1.29, 1.82) is 0 Å². The summed E-state index contributed by atoms with van der Waals surface area (Å²) in [5, 5.41) is 3.07. The SMILES string of the molecule is Cc1ccccc1CNC(=O)C1CCN(C(=O)c2cccnc2-c2ccccc2C)CC1. The Labute approximate surface area is 189 Å². The van der Waals surface area contributed by atoms with E-state index in [0.29, 0.717) is 43.7 Å². The third-order valence-corrected chi connectivity index (χ3v) is 6.31. The number of aromatic nitrogens is 1. The highest BCUT2D eigenvalue weighted by molar-refractivity contribution is 6.00. The van der Waals surface area contributed by atoms with E-state index >= 15 is 0 Å². The molecule has 0 unspecified atom stereocenters. The van der Waals surface area contributed by atoms with E-state index in [1.165, 1.54) is 5.56 Å². The van der Waals surface area contributed by atoms with Gasteiger partial charge in [-0.3, -0.25) is 14.6 Å². The summed E-state index contributed by atoms with van der Waals surface area (Å²) in [6.07, 6.45) is 3.07. The lowest BCUT2D eigenvalue weighted by Gasteiger charge is -2.31. The lowest BCUT2D eigenvalue weighted by Crippen LogP contribution is -2.43. The number of hydrogen-bond donors (Lipinski definition) is 1. The molecule has 0 bridgehead atoms. The molecule has 0 spiro atoms. The Balaban J connectivity index is 1.39. The van der Waals surface area contributed by atoms with E-state index in [4.69, 9.17) is 0 Å². The standard InChI is InChI=1S/C27H29N3O2/c1-19-8-3-5-10-22(19)18-29-26(31)21-13-16-30(17-14-21)27(32)24-12-7-15-28-25(24)23-11-6-4-9-20(23)2/h3-12,15,21H,13-14,16-18H2,1-2H3,(H,29,31). The number of aryl methyl sites for hydroxylation is 2. The Morgan fingerprint density at radius 2 is 1.62 bits per heavy atom. The van der Waals surface area contributed by atoms with Crippen LogP contribution < -0.4 is 5.32 Å². The highest BCUT2D eigenvalue weighted by atomic mass is 16.2. The fraction of sp³-hybridized carbons (Fsp3) is 0.296. The van der Waals surface area contributed by atoms with Gasteiger partial charge in [-0.25, -0.2) is 0 Å². The number of piperidine rings is 1. The third-order valence-electron chi connectivity index (χ3n) is 6.31. The summed E-state index contributed by atoms with van der Waals surface area (Å²) in [5.41, 5.74) is 5.70. The highest BCUT2D eigenvalue weighted by Crippen LogP contribution is 2.27. The molecule has 5 nitrogen and oxygen atoms in total. The molecule has 0 radical (unpaired) electrons. The van der Waals surface area contributed by atoms with Crippen molar-refractivity contribution in [2.45, 2.75) is 33.2 Å². The Bertz CT molecular complexity index is 1120. The maximum atomic E-state index is 13.3. The second-order valence-electron chi connectivity index (χ2n) is 8.43. The summed E-state index contributed by atoms with van der Waals surface area (Å²) in [7, 11) is 0. The van der Waals surface area contributed by atoms with Crippen molar-refractivity contribution in [2.75, 3.05) is 13.1 Å². The predicted octanol–water partition coefficient (Wildman–Crippen LogP) is 4.53. The Morgan fingerprint density at radius 1 is 0.938 bits per heavy atom. The van der Waals surface area contributed by atoms with Crippen molar-refractivity contribution in [3.8, 4) is 11.3 Å².